The lowest BCUT2D eigenvalue weighted by atomic mass is 9.91. The van der Waals surface area contributed by atoms with Crippen molar-refractivity contribution in [3.8, 4) is 5.88 Å². The Morgan fingerprint density at radius 2 is 1.71 bits per heavy atom. The number of nitrogens with zero attached hydrogens (tertiary/aromatic N) is 5. The minimum Gasteiger partial charge on any atom is -0.481 e. The highest BCUT2D eigenvalue weighted by atomic mass is 19.4. The van der Waals surface area contributed by atoms with Crippen LogP contribution in [0.15, 0.2) is 48.7 Å². The minimum absolute atomic E-state index is 0.0820. The predicted octanol–water partition coefficient (Wildman–Crippen LogP) is 7.10. The van der Waals surface area contributed by atoms with E-state index in [1.807, 2.05) is 11.8 Å². The Balaban J connectivity index is 1.61. The first-order valence-corrected chi connectivity index (χ1v) is 16.3. The number of aliphatic carboxylic acids is 1. The summed E-state index contributed by atoms with van der Waals surface area (Å²) in [6.07, 6.45) is -8.89. The first kappa shape index (κ1) is 37.5. The van der Waals surface area contributed by atoms with Crippen LogP contribution in [-0.4, -0.2) is 73.2 Å². The number of methoxy groups -OCH3 is 1. The molecule has 5 rings (SSSR count). The molecule has 11 nitrogen and oxygen atoms in total. The molecule has 2 aliphatic rings. The van der Waals surface area contributed by atoms with Crippen molar-refractivity contribution in [3.63, 3.8) is 0 Å². The fraction of sp³-hybridized carbons (Fsp3) is 0.471. The molecule has 3 aromatic rings. The van der Waals surface area contributed by atoms with Crippen LogP contribution in [0.5, 0.6) is 5.88 Å². The Hall–Kier alpha value is -4.80. The average Bonchev–Trinajstić information content (AvgIpc) is 3.11. The number of carbonyl (C=O) groups excluding carboxylic acids is 1. The Kier molecular flexibility index (Phi) is 11.5. The lowest BCUT2D eigenvalue weighted by Crippen LogP contribution is -2.48. The highest BCUT2D eigenvalue weighted by Crippen LogP contribution is 2.44. The van der Waals surface area contributed by atoms with E-state index < -0.39 is 54.2 Å². The topological polar surface area (TPSA) is 118 Å². The van der Waals surface area contributed by atoms with Gasteiger partial charge in [-0.15, -0.1) is 0 Å². The van der Waals surface area contributed by atoms with Crippen LogP contribution in [0, 0.1) is 0 Å². The van der Waals surface area contributed by atoms with Crippen molar-refractivity contribution in [2.45, 2.75) is 63.6 Å². The SMILES string of the molecule is CC[C@@H]1CC(N(Cc2cc(C(F)(F)F)cc(C(F)(F)F)c2)c2ccc(N3CCOCC3)cn2)c2nc(OC)ccc2N1C(=O)OCCCC(=O)O. The number of halogens is 6. The third-order valence-electron chi connectivity index (χ3n) is 8.73. The van der Waals surface area contributed by atoms with Crippen molar-refractivity contribution in [2.24, 2.45) is 0 Å². The third-order valence-corrected chi connectivity index (χ3v) is 8.73. The standard InChI is InChI=1S/C34H37F6N5O6/c1-3-24-18-27(31-26(7-9-29(42-31)49-2)45(24)32(48)51-12-4-5-30(46)47)44(28-8-6-25(19-41-28)43-10-13-50-14-11-43)20-21-15-22(33(35,36)37)17-23(16-21)34(38,39)40/h6-9,15-17,19,24,27H,3-5,10-14,18,20H2,1-2H3,(H,46,47)/t24-,27?/m1/s1. The van der Waals surface area contributed by atoms with E-state index in [4.69, 9.17) is 19.3 Å². The molecule has 2 atom stereocenters. The summed E-state index contributed by atoms with van der Waals surface area (Å²) in [6, 6.07) is 6.58. The molecule has 0 radical (unpaired) electrons. The van der Waals surface area contributed by atoms with Crippen molar-refractivity contribution in [1.29, 1.82) is 0 Å². The molecule has 51 heavy (non-hydrogen) atoms. The zero-order chi connectivity index (χ0) is 36.9. The molecule has 1 saturated heterocycles. The number of anilines is 3. The Bertz CT molecular complexity index is 1650. The molecule has 276 valence electrons. The Morgan fingerprint density at radius 1 is 1.02 bits per heavy atom. The monoisotopic (exact) mass is 725 g/mol. The summed E-state index contributed by atoms with van der Waals surface area (Å²) in [5.74, 6) is -0.648. The number of hydrogen-bond acceptors (Lipinski definition) is 9. The van der Waals surface area contributed by atoms with Gasteiger partial charge in [0, 0.05) is 38.2 Å². The van der Waals surface area contributed by atoms with E-state index in [9.17, 15) is 35.9 Å². The van der Waals surface area contributed by atoms with Gasteiger partial charge in [0.05, 0.1) is 67.4 Å². The quantitative estimate of drug-likeness (QED) is 0.162. The summed E-state index contributed by atoms with van der Waals surface area (Å²) in [5.41, 5.74) is -1.87. The van der Waals surface area contributed by atoms with Gasteiger partial charge in [-0.25, -0.2) is 14.8 Å². The van der Waals surface area contributed by atoms with E-state index in [0.717, 1.165) is 5.69 Å². The molecule has 2 aromatic heterocycles. The lowest BCUT2D eigenvalue weighted by molar-refractivity contribution is -0.143. The number of carbonyl (C=O) groups is 2. The van der Waals surface area contributed by atoms with E-state index in [-0.39, 0.29) is 60.6 Å². The lowest BCUT2D eigenvalue weighted by Gasteiger charge is -2.43. The number of carboxylic acid groups (broad SMARTS) is 1. The number of aromatic nitrogens is 2. The van der Waals surface area contributed by atoms with E-state index in [2.05, 4.69) is 9.97 Å². The normalized spacial score (nSPS) is 17.9. The van der Waals surface area contributed by atoms with Crippen molar-refractivity contribution in [3.05, 3.63) is 71.0 Å². The predicted molar refractivity (Wildman–Crippen MR) is 173 cm³/mol. The van der Waals surface area contributed by atoms with Gasteiger partial charge in [0.2, 0.25) is 5.88 Å². The first-order chi connectivity index (χ1) is 24.2. The maximum absolute atomic E-state index is 13.9. The second kappa shape index (κ2) is 15.6. The zero-order valence-electron chi connectivity index (χ0n) is 27.8. The summed E-state index contributed by atoms with van der Waals surface area (Å²) in [7, 11) is 1.38. The van der Waals surface area contributed by atoms with E-state index in [1.54, 1.807) is 29.3 Å². The van der Waals surface area contributed by atoms with Crippen molar-refractivity contribution in [1.82, 2.24) is 9.97 Å². The number of amides is 1. The maximum Gasteiger partial charge on any atom is 0.416 e. The van der Waals surface area contributed by atoms with Crippen LogP contribution >= 0.6 is 0 Å². The first-order valence-electron chi connectivity index (χ1n) is 16.3. The molecule has 1 amide bonds. The Labute approximate surface area is 289 Å². The molecular weight excluding hydrogens is 688 g/mol. The van der Waals surface area contributed by atoms with Crippen molar-refractivity contribution < 1.29 is 55.2 Å². The van der Waals surface area contributed by atoms with Gasteiger partial charge in [-0.3, -0.25) is 9.69 Å². The van der Waals surface area contributed by atoms with Crippen LogP contribution in [0.1, 0.15) is 61.0 Å². The fourth-order valence-corrected chi connectivity index (χ4v) is 6.22. The van der Waals surface area contributed by atoms with Crippen LogP contribution in [-0.2, 0) is 33.2 Å². The van der Waals surface area contributed by atoms with Gasteiger partial charge >= 0.3 is 24.4 Å². The zero-order valence-corrected chi connectivity index (χ0v) is 27.8. The largest absolute Gasteiger partial charge is 0.481 e. The summed E-state index contributed by atoms with van der Waals surface area (Å²) >= 11 is 0. The summed E-state index contributed by atoms with van der Waals surface area (Å²) in [5, 5.41) is 8.96. The molecule has 0 aliphatic carbocycles. The molecule has 17 heteroatoms. The number of benzene rings is 1. The van der Waals surface area contributed by atoms with Crippen LogP contribution in [0.2, 0.25) is 0 Å². The second-order valence-electron chi connectivity index (χ2n) is 12.1. The third kappa shape index (κ3) is 8.93. The number of ether oxygens (including phenoxy) is 3. The molecule has 0 spiro atoms. The molecule has 1 N–H and O–H groups in total. The maximum atomic E-state index is 13.9. The summed E-state index contributed by atoms with van der Waals surface area (Å²) in [6.45, 7) is 3.45. The van der Waals surface area contributed by atoms with Crippen LogP contribution < -0.4 is 19.4 Å². The van der Waals surface area contributed by atoms with E-state index in [1.165, 1.54) is 18.1 Å². The molecule has 1 unspecified atom stereocenters. The summed E-state index contributed by atoms with van der Waals surface area (Å²) in [4.78, 5) is 38.7. The molecular formula is C34H37F6N5O6. The van der Waals surface area contributed by atoms with Gasteiger partial charge in [-0.1, -0.05) is 6.92 Å². The Morgan fingerprint density at radius 3 is 2.27 bits per heavy atom. The van der Waals surface area contributed by atoms with Gasteiger partial charge < -0.3 is 29.1 Å². The van der Waals surface area contributed by atoms with Crippen molar-refractivity contribution in [2.75, 3.05) is 54.7 Å². The smallest absolute Gasteiger partial charge is 0.416 e. The number of hydrogen-bond donors (Lipinski definition) is 1. The second-order valence-corrected chi connectivity index (χ2v) is 12.1. The van der Waals surface area contributed by atoms with Gasteiger partial charge in [-0.05, 0) is 61.2 Å². The fourth-order valence-electron chi connectivity index (χ4n) is 6.22. The van der Waals surface area contributed by atoms with E-state index in [0.29, 0.717) is 44.9 Å². The van der Waals surface area contributed by atoms with E-state index >= 15 is 0 Å². The number of carboxylic acids is 1. The van der Waals surface area contributed by atoms with Gasteiger partial charge in [0.1, 0.15) is 5.82 Å². The highest BCUT2D eigenvalue weighted by Gasteiger charge is 2.42. The molecule has 2 aliphatic heterocycles. The molecule has 1 fully saturated rings. The molecule has 1 aromatic carbocycles. The summed E-state index contributed by atoms with van der Waals surface area (Å²) < 4.78 is 99.7. The van der Waals surface area contributed by atoms with Crippen LogP contribution in [0.25, 0.3) is 0 Å². The van der Waals surface area contributed by atoms with Gasteiger partial charge in [0.25, 0.3) is 0 Å². The highest BCUT2D eigenvalue weighted by molar-refractivity contribution is 5.90. The molecule has 0 bridgehead atoms. The minimum atomic E-state index is -5.05. The number of fused-ring (bicyclic) bond motifs is 1. The van der Waals surface area contributed by atoms with Crippen molar-refractivity contribution >= 4 is 29.3 Å². The van der Waals surface area contributed by atoms with Crippen LogP contribution in [0.4, 0.5) is 48.3 Å². The number of alkyl halides is 6. The van der Waals surface area contributed by atoms with Gasteiger partial charge in [0.15, 0.2) is 0 Å². The number of morpholine rings is 1. The average molecular weight is 726 g/mol. The number of rotatable bonds is 11. The van der Waals surface area contributed by atoms with Crippen LogP contribution in [0.3, 0.4) is 0 Å². The molecule has 4 heterocycles. The van der Waals surface area contributed by atoms with Gasteiger partial charge in [-0.2, -0.15) is 26.3 Å². The molecule has 0 saturated carbocycles. The number of pyridine rings is 2.